The van der Waals surface area contributed by atoms with Crippen molar-refractivity contribution in [3.8, 4) is 0 Å². The molecule has 5 rings (SSSR count). The Morgan fingerprint density at radius 1 is 0.917 bits per heavy atom. The molecule has 0 radical (unpaired) electrons. The third-order valence-electron chi connectivity index (χ3n) is 6.20. The standard InChI is InChI=1S/C28H27N5O2S/c1-3-31(18-21-12-6-4-7-13-21)25(34)20(2)36-28-30-29-27-32(19-22-14-8-5-9-15-22)26(35)23-16-10-11-17-24(23)33(27)28/h4-17,20H,3,18-19H2,1-2H3. The molecule has 8 heteroatoms. The molecule has 2 heterocycles. The van der Waals surface area contributed by atoms with Crippen LogP contribution in [0.2, 0.25) is 0 Å². The number of nitrogens with zero attached hydrogens (tertiary/aromatic N) is 5. The molecule has 2 aromatic heterocycles. The van der Waals surface area contributed by atoms with Crippen LogP contribution in [0.15, 0.2) is 94.9 Å². The highest BCUT2D eigenvalue weighted by atomic mass is 32.2. The molecular weight excluding hydrogens is 470 g/mol. The fraction of sp³-hybridized carbons (Fsp3) is 0.214. The highest BCUT2D eigenvalue weighted by Crippen LogP contribution is 2.26. The Bertz CT molecular complexity index is 1560. The number of thioether (sulfide) groups is 1. The van der Waals surface area contributed by atoms with Gasteiger partial charge in [0.05, 0.1) is 22.7 Å². The summed E-state index contributed by atoms with van der Waals surface area (Å²) in [6.07, 6.45) is 0. The number of hydrogen-bond acceptors (Lipinski definition) is 5. The molecule has 5 aromatic rings. The minimum atomic E-state index is -0.380. The Labute approximate surface area is 213 Å². The van der Waals surface area contributed by atoms with Gasteiger partial charge in [-0.3, -0.25) is 18.6 Å². The number of benzene rings is 3. The SMILES string of the molecule is CCN(Cc1ccccc1)C(=O)C(C)Sc1nnc2n(Cc3ccccc3)c(=O)c3ccccc3n12. The summed E-state index contributed by atoms with van der Waals surface area (Å²) in [5.41, 5.74) is 2.70. The normalized spacial score (nSPS) is 12.2. The monoisotopic (exact) mass is 497 g/mol. The van der Waals surface area contributed by atoms with Gasteiger partial charge < -0.3 is 4.90 Å². The van der Waals surface area contributed by atoms with Crippen LogP contribution in [0, 0.1) is 0 Å². The van der Waals surface area contributed by atoms with E-state index in [1.807, 2.05) is 108 Å². The van der Waals surface area contributed by atoms with Crippen LogP contribution in [0.3, 0.4) is 0 Å². The van der Waals surface area contributed by atoms with Crippen LogP contribution in [0.25, 0.3) is 16.7 Å². The van der Waals surface area contributed by atoms with Gasteiger partial charge >= 0.3 is 0 Å². The molecule has 36 heavy (non-hydrogen) atoms. The predicted molar refractivity (Wildman–Crippen MR) is 143 cm³/mol. The van der Waals surface area contributed by atoms with Crippen molar-refractivity contribution in [3.05, 3.63) is 106 Å². The Morgan fingerprint density at radius 3 is 2.25 bits per heavy atom. The van der Waals surface area contributed by atoms with E-state index in [1.165, 1.54) is 11.8 Å². The van der Waals surface area contributed by atoms with Gasteiger partial charge in [0.15, 0.2) is 5.16 Å². The zero-order chi connectivity index (χ0) is 25.1. The maximum absolute atomic E-state index is 13.4. The molecule has 1 atom stereocenters. The number of carbonyl (C=O) groups is 1. The first-order chi connectivity index (χ1) is 17.6. The molecule has 0 aliphatic heterocycles. The van der Waals surface area contributed by atoms with Gasteiger partial charge in [-0.05, 0) is 37.1 Å². The summed E-state index contributed by atoms with van der Waals surface area (Å²) in [7, 11) is 0. The van der Waals surface area contributed by atoms with Crippen molar-refractivity contribution in [2.24, 2.45) is 0 Å². The average Bonchev–Trinajstić information content (AvgIpc) is 3.34. The minimum Gasteiger partial charge on any atom is -0.338 e. The lowest BCUT2D eigenvalue weighted by Crippen LogP contribution is -2.36. The van der Waals surface area contributed by atoms with Crippen molar-refractivity contribution < 1.29 is 4.79 Å². The van der Waals surface area contributed by atoms with Crippen LogP contribution < -0.4 is 5.56 Å². The Balaban J connectivity index is 1.51. The number of amides is 1. The van der Waals surface area contributed by atoms with Gasteiger partial charge in [-0.2, -0.15) is 0 Å². The molecule has 0 aliphatic carbocycles. The first kappa shape index (κ1) is 23.8. The van der Waals surface area contributed by atoms with Crippen molar-refractivity contribution in [1.82, 2.24) is 24.1 Å². The Hall–Kier alpha value is -3.91. The van der Waals surface area contributed by atoms with E-state index in [0.717, 1.165) is 16.6 Å². The molecule has 0 N–H and O–H groups in total. The number of hydrogen-bond donors (Lipinski definition) is 0. The van der Waals surface area contributed by atoms with E-state index in [0.29, 0.717) is 36.0 Å². The van der Waals surface area contributed by atoms with E-state index in [-0.39, 0.29) is 16.7 Å². The average molecular weight is 498 g/mol. The van der Waals surface area contributed by atoms with E-state index in [2.05, 4.69) is 10.2 Å². The van der Waals surface area contributed by atoms with Crippen LogP contribution in [-0.2, 0) is 17.9 Å². The van der Waals surface area contributed by atoms with Gasteiger partial charge in [-0.1, -0.05) is 84.6 Å². The van der Waals surface area contributed by atoms with Crippen molar-refractivity contribution in [2.45, 2.75) is 37.3 Å². The molecule has 0 spiro atoms. The second-order valence-corrected chi connectivity index (χ2v) is 9.92. The van der Waals surface area contributed by atoms with Crippen LogP contribution in [0.5, 0.6) is 0 Å². The van der Waals surface area contributed by atoms with Gasteiger partial charge in [0.25, 0.3) is 5.56 Å². The van der Waals surface area contributed by atoms with Crippen molar-refractivity contribution >= 4 is 34.3 Å². The molecule has 0 saturated heterocycles. The fourth-order valence-electron chi connectivity index (χ4n) is 4.33. The molecule has 1 unspecified atom stereocenters. The number of rotatable bonds is 8. The molecule has 182 valence electrons. The Morgan fingerprint density at radius 2 is 1.56 bits per heavy atom. The topological polar surface area (TPSA) is 72.5 Å². The molecule has 7 nitrogen and oxygen atoms in total. The molecule has 0 aliphatic rings. The van der Waals surface area contributed by atoms with Gasteiger partial charge in [-0.15, -0.1) is 10.2 Å². The van der Waals surface area contributed by atoms with Crippen LogP contribution in [-0.4, -0.2) is 41.8 Å². The van der Waals surface area contributed by atoms with Crippen LogP contribution in [0.1, 0.15) is 25.0 Å². The molecule has 3 aromatic carbocycles. The maximum atomic E-state index is 13.4. The zero-order valence-electron chi connectivity index (χ0n) is 20.2. The summed E-state index contributed by atoms with van der Waals surface area (Å²) in [6, 6.07) is 27.3. The first-order valence-electron chi connectivity index (χ1n) is 12.0. The molecule has 1 amide bonds. The second-order valence-electron chi connectivity index (χ2n) is 8.61. The van der Waals surface area contributed by atoms with Crippen molar-refractivity contribution in [3.63, 3.8) is 0 Å². The third kappa shape index (κ3) is 4.64. The quantitative estimate of drug-likeness (QED) is 0.293. The molecule has 0 saturated carbocycles. The van der Waals surface area contributed by atoms with E-state index in [1.54, 1.807) is 4.57 Å². The lowest BCUT2D eigenvalue weighted by Gasteiger charge is -2.24. The summed E-state index contributed by atoms with van der Waals surface area (Å²) < 4.78 is 3.54. The Kier molecular flexibility index (Phi) is 6.86. The highest BCUT2D eigenvalue weighted by Gasteiger charge is 2.24. The van der Waals surface area contributed by atoms with E-state index >= 15 is 0 Å². The first-order valence-corrected chi connectivity index (χ1v) is 12.8. The lowest BCUT2D eigenvalue weighted by atomic mass is 10.2. The van der Waals surface area contributed by atoms with Crippen LogP contribution >= 0.6 is 11.8 Å². The highest BCUT2D eigenvalue weighted by molar-refractivity contribution is 8.00. The van der Waals surface area contributed by atoms with Crippen LogP contribution in [0.4, 0.5) is 0 Å². The van der Waals surface area contributed by atoms with Crippen molar-refractivity contribution in [2.75, 3.05) is 6.54 Å². The zero-order valence-corrected chi connectivity index (χ0v) is 21.1. The van der Waals surface area contributed by atoms with E-state index in [9.17, 15) is 9.59 Å². The molecular formula is C28H27N5O2S. The molecule has 0 fully saturated rings. The summed E-state index contributed by atoms with van der Waals surface area (Å²) in [5.74, 6) is 0.492. The maximum Gasteiger partial charge on any atom is 0.263 e. The predicted octanol–water partition coefficient (Wildman–Crippen LogP) is 4.62. The number of aromatic nitrogens is 4. The van der Waals surface area contributed by atoms with Gasteiger partial charge in [0.1, 0.15) is 0 Å². The molecule has 0 bridgehead atoms. The van der Waals surface area contributed by atoms with Gasteiger partial charge in [-0.25, -0.2) is 0 Å². The number of carbonyl (C=O) groups excluding carboxylic acids is 1. The third-order valence-corrected chi connectivity index (χ3v) is 7.23. The summed E-state index contributed by atoms with van der Waals surface area (Å²) in [5, 5.41) is 9.61. The summed E-state index contributed by atoms with van der Waals surface area (Å²) in [4.78, 5) is 28.6. The number of para-hydroxylation sites is 1. The van der Waals surface area contributed by atoms with Gasteiger partial charge in [0, 0.05) is 13.1 Å². The second kappa shape index (κ2) is 10.4. The van der Waals surface area contributed by atoms with E-state index < -0.39 is 0 Å². The number of fused-ring (bicyclic) bond motifs is 3. The van der Waals surface area contributed by atoms with E-state index in [4.69, 9.17) is 0 Å². The van der Waals surface area contributed by atoms with Gasteiger partial charge in [0.2, 0.25) is 11.7 Å². The smallest absolute Gasteiger partial charge is 0.263 e. The summed E-state index contributed by atoms with van der Waals surface area (Å²) >= 11 is 1.36. The van der Waals surface area contributed by atoms with Crippen molar-refractivity contribution in [1.29, 1.82) is 0 Å². The fourth-order valence-corrected chi connectivity index (χ4v) is 5.27. The largest absolute Gasteiger partial charge is 0.338 e. The summed E-state index contributed by atoms with van der Waals surface area (Å²) in [6.45, 7) is 5.43. The lowest BCUT2D eigenvalue weighted by molar-refractivity contribution is -0.130. The minimum absolute atomic E-state index is 0.0324.